The molecule has 0 aliphatic heterocycles. The highest BCUT2D eigenvalue weighted by molar-refractivity contribution is 5.91. The van der Waals surface area contributed by atoms with Crippen molar-refractivity contribution in [1.82, 2.24) is 4.90 Å². The summed E-state index contributed by atoms with van der Waals surface area (Å²) < 4.78 is 9.85. The average Bonchev–Trinajstić information content (AvgIpc) is 2.76. The largest absolute Gasteiger partial charge is 0.465 e. The minimum Gasteiger partial charge on any atom is -0.465 e. The van der Waals surface area contributed by atoms with Crippen molar-refractivity contribution >= 4 is 23.9 Å². The van der Waals surface area contributed by atoms with Gasteiger partial charge in [-0.2, -0.15) is 5.26 Å². The van der Waals surface area contributed by atoms with Gasteiger partial charge in [-0.15, -0.1) is 0 Å². The van der Waals surface area contributed by atoms with E-state index in [0.717, 1.165) is 19.3 Å². The van der Waals surface area contributed by atoms with Crippen LogP contribution in [0.25, 0.3) is 6.08 Å². The Labute approximate surface area is 170 Å². The Hall–Kier alpha value is -3.14. The molecule has 1 aromatic rings. The van der Waals surface area contributed by atoms with E-state index in [1.807, 2.05) is 0 Å². The van der Waals surface area contributed by atoms with Crippen LogP contribution >= 0.6 is 0 Å². The van der Waals surface area contributed by atoms with Gasteiger partial charge in [0.2, 0.25) is 0 Å². The van der Waals surface area contributed by atoms with Crippen LogP contribution in [0.5, 0.6) is 0 Å². The van der Waals surface area contributed by atoms with Gasteiger partial charge in [-0.05, 0) is 43.5 Å². The first-order valence-corrected chi connectivity index (χ1v) is 9.59. The van der Waals surface area contributed by atoms with Crippen LogP contribution in [0.3, 0.4) is 0 Å². The van der Waals surface area contributed by atoms with Crippen LogP contribution in [0, 0.1) is 11.3 Å². The number of amides is 1. The summed E-state index contributed by atoms with van der Waals surface area (Å²) in [5.74, 6) is -1.49. The summed E-state index contributed by atoms with van der Waals surface area (Å²) in [5.41, 5.74) is 0.271. The third-order valence-corrected chi connectivity index (χ3v) is 5.25. The lowest BCUT2D eigenvalue weighted by Crippen LogP contribution is -2.53. The van der Waals surface area contributed by atoms with Crippen molar-refractivity contribution in [3.8, 4) is 6.07 Å². The van der Waals surface area contributed by atoms with Crippen LogP contribution < -0.4 is 0 Å². The fourth-order valence-corrected chi connectivity index (χ4v) is 3.42. The Bertz CT molecular complexity index is 817. The fraction of sp³-hybridized carbons (Fsp3) is 0.455. The number of hydrogen-bond acceptors (Lipinski definition) is 6. The molecule has 1 aliphatic carbocycles. The summed E-state index contributed by atoms with van der Waals surface area (Å²) in [6.45, 7) is 1.50. The Balaban J connectivity index is 1.95. The second-order valence-corrected chi connectivity index (χ2v) is 7.13. The van der Waals surface area contributed by atoms with Gasteiger partial charge in [-0.1, -0.05) is 31.4 Å². The number of nitriles is 1. The molecule has 2 rings (SSSR count). The highest BCUT2D eigenvalue weighted by Crippen LogP contribution is 2.32. The van der Waals surface area contributed by atoms with Crippen molar-refractivity contribution < 1.29 is 23.9 Å². The van der Waals surface area contributed by atoms with Crippen LogP contribution in [-0.2, 0) is 19.1 Å². The van der Waals surface area contributed by atoms with E-state index in [2.05, 4.69) is 10.8 Å². The molecule has 0 radical (unpaired) electrons. The van der Waals surface area contributed by atoms with Gasteiger partial charge in [0.15, 0.2) is 6.10 Å². The summed E-state index contributed by atoms with van der Waals surface area (Å²) in [6.07, 6.45) is 5.88. The number of likely N-dealkylation sites (N-methyl/N-ethyl adjacent to an activating group) is 1. The van der Waals surface area contributed by atoms with E-state index < -0.39 is 29.5 Å². The van der Waals surface area contributed by atoms with Gasteiger partial charge in [0.1, 0.15) is 5.54 Å². The summed E-state index contributed by atoms with van der Waals surface area (Å²) in [5, 5.41) is 9.61. The van der Waals surface area contributed by atoms with Crippen LogP contribution in [0.1, 0.15) is 54.9 Å². The van der Waals surface area contributed by atoms with E-state index in [0.29, 0.717) is 24.0 Å². The molecule has 0 spiro atoms. The molecule has 7 heteroatoms. The average molecular weight is 398 g/mol. The molecule has 1 amide bonds. The molecule has 154 valence electrons. The molecule has 1 aliphatic rings. The smallest absolute Gasteiger partial charge is 0.337 e. The zero-order valence-corrected chi connectivity index (χ0v) is 17.0. The third kappa shape index (κ3) is 5.44. The maximum absolute atomic E-state index is 12.7. The predicted octanol–water partition coefficient (Wildman–Crippen LogP) is 3.10. The molecule has 0 aromatic heterocycles. The minimum atomic E-state index is -0.994. The Morgan fingerprint density at radius 2 is 1.79 bits per heavy atom. The van der Waals surface area contributed by atoms with Crippen LogP contribution in [0.2, 0.25) is 0 Å². The normalized spacial score (nSPS) is 16.5. The molecule has 1 saturated carbocycles. The second kappa shape index (κ2) is 9.87. The Morgan fingerprint density at radius 1 is 1.17 bits per heavy atom. The quantitative estimate of drug-likeness (QED) is 0.540. The number of methoxy groups -OCH3 is 1. The van der Waals surface area contributed by atoms with Crippen molar-refractivity contribution in [2.75, 3.05) is 14.2 Å². The molecule has 1 aromatic carbocycles. The highest BCUT2D eigenvalue weighted by Gasteiger charge is 2.40. The molecule has 1 atom stereocenters. The first-order valence-electron chi connectivity index (χ1n) is 9.59. The number of carbonyl (C=O) groups excluding carboxylic acids is 3. The molecule has 7 nitrogen and oxygen atoms in total. The van der Waals surface area contributed by atoms with Gasteiger partial charge in [-0.25, -0.2) is 9.59 Å². The van der Waals surface area contributed by atoms with Crippen LogP contribution in [0.4, 0.5) is 0 Å². The minimum absolute atomic E-state index is 0.391. The number of esters is 2. The first-order chi connectivity index (χ1) is 13.8. The van der Waals surface area contributed by atoms with E-state index in [-0.39, 0.29) is 0 Å². The third-order valence-electron chi connectivity index (χ3n) is 5.25. The second-order valence-electron chi connectivity index (χ2n) is 7.13. The Morgan fingerprint density at radius 3 is 2.34 bits per heavy atom. The number of ether oxygens (including phenoxy) is 2. The van der Waals surface area contributed by atoms with Crippen molar-refractivity contribution in [2.24, 2.45) is 0 Å². The summed E-state index contributed by atoms with van der Waals surface area (Å²) in [7, 11) is 2.90. The number of nitrogens with zero attached hydrogens (tertiary/aromatic N) is 2. The van der Waals surface area contributed by atoms with E-state index in [1.54, 1.807) is 31.3 Å². The molecule has 1 fully saturated rings. The molecule has 0 heterocycles. The lowest BCUT2D eigenvalue weighted by Gasteiger charge is -2.39. The molecule has 0 unspecified atom stereocenters. The predicted molar refractivity (Wildman–Crippen MR) is 107 cm³/mol. The fourth-order valence-electron chi connectivity index (χ4n) is 3.42. The lowest BCUT2D eigenvalue weighted by atomic mass is 9.81. The van der Waals surface area contributed by atoms with Crippen LogP contribution in [0.15, 0.2) is 30.3 Å². The van der Waals surface area contributed by atoms with E-state index in [9.17, 15) is 19.6 Å². The standard InChI is InChI=1S/C22H26N2O5/c1-16(20(26)24(2)22(15-23)13-5-4-6-14-22)29-19(25)12-9-17-7-10-18(11-8-17)21(27)28-3/h7-12,16H,4-6,13-14H2,1-3H3/b12-9+/t16-/m1/s1. The topological polar surface area (TPSA) is 96.7 Å². The van der Waals surface area contributed by atoms with Gasteiger partial charge in [0, 0.05) is 13.1 Å². The molecule has 0 N–H and O–H groups in total. The summed E-state index contributed by atoms with van der Waals surface area (Å²) in [6, 6.07) is 8.79. The van der Waals surface area contributed by atoms with Crippen molar-refractivity contribution in [2.45, 2.75) is 50.7 Å². The lowest BCUT2D eigenvalue weighted by molar-refractivity contribution is -0.157. The first kappa shape index (κ1) is 22.2. The zero-order chi connectivity index (χ0) is 21.4. The number of rotatable bonds is 6. The molecule has 0 bridgehead atoms. The monoisotopic (exact) mass is 398 g/mol. The maximum Gasteiger partial charge on any atom is 0.337 e. The van der Waals surface area contributed by atoms with Crippen molar-refractivity contribution in [3.05, 3.63) is 41.5 Å². The molecule has 29 heavy (non-hydrogen) atoms. The molecular weight excluding hydrogens is 372 g/mol. The SMILES string of the molecule is COC(=O)c1ccc(/C=C/C(=O)O[C@H](C)C(=O)N(C)C2(C#N)CCCCC2)cc1. The highest BCUT2D eigenvalue weighted by atomic mass is 16.5. The van der Waals surface area contributed by atoms with Crippen molar-refractivity contribution in [1.29, 1.82) is 5.26 Å². The van der Waals surface area contributed by atoms with Crippen LogP contribution in [-0.4, -0.2) is 48.5 Å². The van der Waals surface area contributed by atoms with Crippen molar-refractivity contribution in [3.63, 3.8) is 0 Å². The van der Waals surface area contributed by atoms with E-state index in [1.165, 1.54) is 31.1 Å². The number of carbonyl (C=O) groups is 3. The number of hydrogen-bond donors (Lipinski definition) is 0. The summed E-state index contributed by atoms with van der Waals surface area (Å²) >= 11 is 0. The number of benzene rings is 1. The van der Waals surface area contributed by atoms with Gasteiger partial charge in [0.25, 0.3) is 5.91 Å². The molecule has 0 saturated heterocycles. The van der Waals surface area contributed by atoms with E-state index >= 15 is 0 Å². The zero-order valence-electron chi connectivity index (χ0n) is 17.0. The van der Waals surface area contributed by atoms with Gasteiger partial charge in [0.05, 0.1) is 18.7 Å². The van der Waals surface area contributed by atoms with E-state index in [4.69, 9.17) is 4.74 Å². The van der Waals surface area contributed by atoms with Gasteiger partial charge < -0.3 is 14.4 Å². The molecular formula is C22H26N2O5. The summed E-state index contributed by atoms with van der Waals surface area (Å²) in [4.78, 5) is 37.6. The maximum atomic E-state index is 12.7. The Kier molecular flexibility index (Phi) is 7.54. The van der Waals surface area contributed by atoms with Gasteiger partial charge in [-0.3, -0.25) is 4.79 Å². The van der Waals surface area contributed by atoms with Gasteiger partial charge >= 0.3 is 11.9 Å².